The van der Waals surface area contributed by atoms with Crippen molar-refractivity contribution in [1.82, 2.24) is 15.1 Å². The molecule has 6 nitrogen and oxygen atoms in total. The molecule has 132 valence electrons. The molecule has 0 atom stereocenters. The van der Waals surface area contributed by atoms with Gasteiger partial charge in [0.1, 0.15) is 5.78 Å². The van der Waals surface area contributed by atoms with Crippen LogP contribution in [0.5, 0.6) is 0 Å². The molecule has 1 saturated heterocycles. The van der Waals surface area contributed by atoms with E-state index in [0.717, 1.165) is 51.0 Å². The number of anilines is 1. The van der Waals surface area contributed by atoms with Gasteiger partial charge in [0.15, 0.2) is 0 Å². The average Bonchev–Trinajstić information content (AvgIpc) is 3.02. The number of carbonyl (C=O) groups is 2. The van der Waals surface area contributed by atoms with Crippen molar-refractivity contribution in [2.75, 3.05) is 18.4 Å². The molecule has 2 aliphatic rings. The Morgan fingerprint density at radius 1 is 1.17 bits per heavy atom. The van der Waals surface area contributed by atoms with Gasteiger partial charge < -0.3 is 10.6 Å². The van der Waals surface area contributed by atoms with E-state index in [1.54, 1.807) is 13.1 Å². The zero-order valence-corrected chi connectivity index (χ0v) is 14.5. The molecule has 0 bridgehead atoms. The molecule has 24 heavy (non-hydrogen) atoms. The first-order valence-corrected chi connectivity index (χ1v) is 9.16. The van der Waals surface area contributed by atoms with Crippen LogP contribution in [0.25, 0.3) is 0 Å². The smallest absolute Gasteiger partial charge is 0.227 e. The van der Waals surface area contributed by atoms with E-state index in [2.05, 4.69) is 15.7 Å². The number of piperidine rings is 1. The van der Waals surface area contributed by atoms with E-state index in [1.165, 1.54) is 12.8 Å². The van der Waals surface area contributed by atoms with Crippen molar-refractivity contribution >= 4 is 17.4 Å². The predicted molar refractivity (Wildman–Crippen MR) is 92.6 cm³/mol. The van der Waals surface area contributed by atoms with Crippen molar-refractivity contribution in [3.05, 3.63) is 12.4 Å². The van der Waals surface area contributed by atoms with E-state index in [0.29, 0.717) is 5.92 Å². The van der Waals surface area contributed by atoms with E-state index >= 15 is 0 Å². The third kappa shape index (κ3) is 4.44. The Kier molecular flexibility index (Phi) is 5.66. The molecule has 0 radical (unpaired) electrons. The minimum atomic E-state index is 0.0216. The average molecular weight is 332 g/mol. The van der Waals surface area contributed by atoms with E-state index in [1.807, 2.05) is 10.9 Å². The van der Waals surface area contributed by atoms with Crippen LogP contribution in [-0.4, -0.2) is 34.6 Å². The normalized spacial score (nSPS) is 25.4. The van der Waals surface area contributed by atoms with Gasteiger partial charge >= 0.3 is 0 Å². The lowest BCUT2D eigenvalue weighted by atomic mass is 9.80. The summed E-state index contributed by atoms with van der Waals surface area (Å²) >= 11 is 0. The molecule has 2 N–H and O–H groups in total. The summed E-state index contributed by atoms with van der Waals surface area (Å²) in [5, 5.41) is 10.7. The standard InChI is InChI=1S/C18H28N4O2/c1-13(23)15-2-4-16(5-3-15)18(24)21-17-10-20-22(12-17)11-14-6-8-19-9-7-14/h10,12,14-16,19H,2-9,11H2,1H3,(H,21,24). The fourth-order valence-electron chi connectivity index (χ4n) is 3.86. The number of hydrogen-bond donors (Lipinski definition) is 2. The molecule has 6 heteroatoms. The van der Waals surface area contributed by atoms with Crippen LogP contribution in [0.3, 0.4) is 0 Å². The highest BCUT2D eigenvalue weighted by atomic mass is 16.2. The Morgan fingerprint density at radius 3 is 2.50 bits per heavy atom. The first-order chi connectivity index (χ1) is 11.6. The molecule has 1 aliphatic carbocycles. The second-order valence-electron chi connectivity index (χ2n) is 7.29. The van der Waals surface area contributed by atoms with Crippen LogP contribution in [-0.2, 0) is 16.1 Å². The quantitative estimate of drug-likeness (QED) is 0.867. The molecule has 0 spiro atoms. The molecule has 3 rings (SSSR count). The Balaban J connectivity index is 1.47. The highest BCUT2D eigenvalue weighted by Crippen LogP contribution is 2.30. The first kappa shape index (κ1) is 17.1. The van der Waals surface area contributed by atoms with Crippen molar-refractivity contribution in [2.45, 2.75) is 52.0 Å². The van der Waals surface area contributed by atoms with Crippen LogP contribution in [0, 0.1) is 17.8 Å². The minimum Gasteiger partial charge on any atom is -0.323 e. The summed E-state index contributed by atoms with van der Waals surface area (Å²) in [5.41, 5.74) is 0.780. The summed E-state index contributed by atoms with van der Waals surface area (Å²) < 4.78 is 1.94. The third-order valence-electron chi connectivity index (χ3n) is 5.48. The van der Waals surface area contributed by atoms with Crippen LogP contribution < -0.4 is 10.6 Å². The molecule has 0 aromatic carbocycles. The van der Waals surface area contributed by atoms with Gasteiger partial charge in [0, 0.05) is 24.6 Å². The number of carbonyl (C=O) groups excluding carboxylic acids is 2. The zero-order chi connectivity index (χ0) is 16.9. The molecule has 1 aliphatic heterocycles. The summed E-state index contributed by atoms with van der Waals surface area (Å²) in [6.45, 7) is 4.74. The highest BCUT2D eigenvalue weighted by Gasteiger charge is 2.28. The van der Waals surface area contributed by atoms with Gasteiger partial charge in [0.25, 0.3) is 0 Å². The maximum Gasteiger partial charge on any atom is 0.227 e. The number of hydrogen-bond acceptors (Lipinski definition) is 4. The Morgan fingerprint density at radius 2 is 1.83 bits per heavy atom. The Labute approximate surface area is 143 Å². The van der Waals surface area contributed by atoms with Crippen molar-refractivity contribution in [3.63, 3.8) is 0 Å². The number of amides is 1. The first-order valence-electron chi connectivity index (χ1n) is 9.16. The van der Waals surface area contributed by atoms with Gasteiger partial charge in [-0.15, -0.1) is 0 Å². The molecule has 2 fully saturated rings. The van der Waals surface area contributed by atoms with Gasteiger partial charge in [-0.1, -0.05) is 0 Å². The van der Waals surface area contributed by atoms with Crippen LogP contribution in [0.4, 0.5) is 5.69 Å². The lowest BCUT2D eigenvalue weighted by molar-refractivity contribution is -0.125. The molecule has 1 aromatic rings. The van der Waals surface area contributed by atoms with Gasteiger partial charge in [-0.3, -0.25) is 14.3 Å². The van der Waals surface area contributed by atoms with Crippen molar-refractivity contribution < 1.29 is 9.59 Å². The fourth-order valence-corrected chi connectivity index (χ4v) is 3.86. The molecule has 2 heterocycles. The maximum absolute atomic E-state index is 12.4. The van der Waals surface area contributed by atoms with Crippen molar-refractivity contribution in [3.8, 4) is 0 Å². The maximum atomic E-state index is 12.4. The van der Waals surface area contributed by atoms with Gasteiger partial charge in [0.2, 0.25) is 5.91 Å². The van der Waals surface area contributed by atoms with E-state index in [4.69, 9.17) is 0 Å². The van der Waals surface area contributed by atoms with Crippen LogP contribution in [0.2, 0.25) is 0 Å². The van der Waals surface area contributed by atoms with Crippen molar-refractivity contribution in [2.24, 2.45) is 17.8 Å². The molecule has 1 aromatic heterocycles. The second-order valence-corrected chi connectivity index (χ2v) is 7.29. The number of nitrogens with zero attached hydrogens (tertiary/aromatic N) is 2. The number of nitrogens with one attached hydrogen (secondary N) is 2. The van der Waals surface area contributed by atoms with Crippen LogP contribution in [0.15, 0.2) is 12.4 Å². The molecular weight excluding hydrogens is 304 g/mol. The molecular formula is C18H28N4O2. The Bertz CT molecular complexity index is 569. The zero-order valence-electron chi connectivity index (χ0n) is 14.5. The van der Waals surface area contributed by atoms with E-state index < -0.39 is 0 Å². The number of ketones is 1. The monoisotopic (exact) mass is 332 g/mol. The summed E-state index contributed by atoms with van der Waals surface area (Å²) in [7, 11) is 0. The fraction of sp³-hybridized carbons (Fsp3) is 0.722. The molecule has 1 saturated carbocycles. The highest BCUT2D eigenvalue weighted by molar-refractivity contribution is 5.92. The van der Waals surface area contributed by atoms with E-state index in [9.17, 15) is 9.59 Å². The number of rotatable bonds is 5. The molecule has 1 amide bonds. The summed E-state index contributed by atoms with van der Waals surface area (Å²) in [4.78, 5) is 23.8. The van der Waals surface area contributed by atoms with Gasteiger partial charge in [-0.05, 0) is 64.5 Å². The number of aromatic nitrogens is 2. The van der Waals surface area contributed by atoms with Gasteiger partial charge in [0.05, 0.1) is 11.9 Å². The predicted octanol–water partition coefficient (Wildman–Crippen LogP) is 2.22. The lowest BCUT2D eigenvalue weighted by Gasteiger charge is -2.25. The Hall–Kier alpha value is -1.69. The number of Topliss-reactive ketones (excluding diaryl/α,β-unsaturated/α-hetero) is 1. The summed E-state index contributed by atoms with van der Waals surface area (Å²) in [5.74, 6) is 1.16. The topological polar surface area (TPSA) is 76.0 Å². The largest absolute Gasteiger partial charge is 0.323 e. The minimum absolute atomic E-state index is 0.0216. The summed E-state index contributed by atoms with van der Waals surface area (Å²) in [6, 6.07) is 0. The molecule has 0 unspecified atom stereocenters. The van der Waals surface area contributed by atoms with Crippen molar-refractivity contribution in [1.29, 1.82) is 0 Å². The van der Waals surface area contributed by atoms with Gasteiger partial charge in [-0.2, -0.15) is 5.10 Å². The summed E-state index contributed by atoms with van der Waals surface area (Å²) in [6.07, 6.45) is 9.31. The SMILES string of the molecule is CC(=O)C1CCC(C(=O)Nc2cnn(CC3CCNCC3)c2)CC1. The van der Waals surface area contributed by atoms with E-state index in [-0.39, 0.29) is 23.5 Å². The second kappa shape index (κ2) is 7.92. The van der Waals surface area contributed by atoms with Gasteiger partial charge in [-0.25, -0.2) is 0 Å². The lowest BCUT2D eigenvalue weighted by Crippen LogP contribution is -2.30. The van der Waals surface area contributed by atoms with Crippen LogP contribution >= 0.6 is 0 Å². The van der Waals surface area contributed by atoms with Crippen LogP contribution in [0.1, 0.15) is 45.4 Å². The third-order valence-corrected chi connectivity index (χ3v) is 5.48.